The van der Waals surface area contributed by atoms with Crippen LogP contribution in [0.1, 0.15) is 5.69 Å². The molecule has 0 saturated heterocycles. The molecule has 1 aliphatic heterocycles. The van der Waals surface area contributed by atoms with Gasteiger partial charge in [-0.15, -0.1) is 0 Å². The van der Waals surface area contributed by atoms with Gasteiger partial charge in [0.05, 0.1) is 18.0 Å². The van der Waals surface area contributed by atoms with E-state index >= 15 is 0 Å². The van der Waals surface area contributed by atoms with Gasteiger partial charge in [0.1, 0.15) is 0 Å². The molecule has 12 heavy (non-hydrogen) atoms. The molecule has 0 spiro atoms. The Morgan fingerprint density at radius 3 is 3.42 bits per heavy atom. The Kier molecular flexibility index (Phi) is 1.66. The molecule has 1 amide bonds. The maximum absolute atomic E-state index is 10.9. The van der Waals surface area contributed by atoms with Crippen molar-refractivity contribution in [2.45, 2.75) is 6.42 Å². The van der Waals surface area contributed by atoms with Gasteiger partial charge in [-0.1, -0.05) is 0 Å². The zero-order valence-electron chi connectivity index (χ0n) is 6.41. The van der Waals surface area contributed by atoms with Crippen LogP contribution < -0.4 is 5.32 Å². The van der Waals surface area contributed by atoms with Crippen molar-refractivity contribution in [1.29, 1.82) is 0 Å². The molecule has 1 aromatic rings. The molecule has 0 aliphatic carbocycles. The maximum Gasteiger partial charge on any atom is 0.411 e. The number of nitrogens with zero attached hydrogens (tertiary/aromatic N) is 1. The molecular weight excluding hydrogens is 156 g/mol. The fraction of sp³-hybridized carbons (Fsp3) is 0.250. The summed E-state index contributed by atoms with van der Waals surface area (Å²) >= 11 is 0. The highest BCUT2D eigenvalue weighted by molar-refractivity contribution is 5.85. The van der Waals surface area contributed by atoms with Crippen molar-refractivity contribution >= 4 is 11.8 Å². The second kappa shape index (κ2) is 2.81. The van der Waals surface area contributed by atoms with Crippen LogP contribution in [0.2, 0.25) is 0 Å². The molecular formula is C8H8N2O2. The summed E-state index contributed by atoms with van der Waals surface area (Å²) in [5.41, 5.74) is 1.63. The van der Waals surface area contributed by atoms with Crippen LogP contribution in [-0.2, 0) is 11.2 Å². The number of carbonyl (C=O) groups is 1. The maximum atomic E-state index is 10.9. The first kappa shape index (κ1) is 7.09. The number of ether oxygens (including phenoxy) is 1. The van der Waals surface area contributed by atoms with Crippen LogP contribution in [0.5, 0.6) is 0 Å². The summed E-state index contributed by atoms with van der Waals surface area (Å²) in [6, 6.07) is 3.60. The quantitative estimate of drug-likeness (QED) is 0.626. The predicted molar refractivity (Wildman–Crippen MR) is 42.9 cm³/mol. The first-order valence-electron chi connectivity index (χ1n) is 3.74. The van der Waals surface area contributed by atoms with Crippen molar-refractivity contribution in [3.8, 4) is 0 Å². The van der Waals surface area contributed by atoms with Crippen LogP contribution in [0, 0.1) is 0 Å². The summed E-state index contributed by atoms with van der Waals surface area (Å²) in [7, 11) is 0. The smallest absolute Gasteiger partial charge is 0.411 e. The van der Waals surface area contributed by atoms with E-state index in [2.05, 4.69) is 10.3 Å². The van der Waals surface area contributed by atoms with Gasteiger partial charge in [-0.2, -0.15) is 0 Å². The SMILES string of the molecule is O=C1Nc2cccnc2CCO1. The number of aromatic nitrogens is 1. The Hall–Kier alpha value is -1.58. The Balaban J connectivity index is 2.37. The lowest BCUT2D eigenvalue weighted by Crippen LogP contribution is -2.11. The Labute approximate surface area is 69.6 Å². The largest absolute Gasteiger partial charge is 0.449 e. The molecule has 2 heterocycles. The molecule has 0 aromatic carbocycles. The van der Waals surface area contributed by atoms with Gasteiger partial charge in [0.15, 0.2) is 0 Å². The lowest BCUT2D eigenvalue weighted by atomic mass is 10.2. The highest BCUT2D eigenvalue weighted by Gasteiger charge is 2.12. The van der Waals surface area contributed by atoms with Crippen LogP contribution in [-0.4, -0.2) is 17.7 Å². The Morgan fingerprint density at radius 2 is 2.50 bits per heavy atom. The van der Waals surface area contributed by atoms with Crippen LogP contribution in [0.4, 0.5) is 10.5 Å². The van der Waals surface area contributed by atoms with Crippen LogP contribution in [0.3, 0.4) is 0 Å². The van der Waals surface area contributed by atoms with Gasteiger partial charge < -0.3 is 4.74 Å². The molecule has 0 saturated carbocycles. The van der Waals surface area contributed by atoms with Gasteiger partial charge >= 0.3 is 6.09 Å². The summed E-state index contributed by atoms with van der Waals surface area (Å²) in [5.74, 6) is 0. The highest BCUT2D eigenvalue weighted by Crippen LogP contribution is 2.15. The number of anilines is 1. The van der Waals surface area contributed by atoms with E-state index in [0.29, 0.717) is 13.0 Å². The van der Waals surface area contributed by atoms with Gasteiger partial charge in [-0.05, 0) is 12.1 Å². The molecule has 1 aromatic heterocycles. The number of amides is 1. The number of rotatable bonds is 0. The van der Waals surface area contributed by atoms with Crippen LogP contribution in [0.15, 0.2) is 18.3 Å². The summed E-state index contributed by atoms with van der Waals surface area (Å²) in [6.45, 7) is 0.399. The minimum absolute atomic E-state index is 0.399. The summed E-state index contributed by atoms with van der Waals surface area (Å²) in [6.07, 6.45) is 1.98. The zero-order chi connectivity index (χ0) is 8.39. The molecule has 1 aliphatic rings. The second-order valence-electron chi connectivity index (χ2n) is 2.51. The topological polar surface area (TPSA) is 51.2 Å². The summed E-state index contributed by atoms with van der Waals surface area (Å²) in [4.78, 5) is 15.0. The fourth-order valence-corrected chi connectivity index (χ4v) is 1.14. The molecule has 0 fully saturated rings. The number of fused-ring (bicyclic) bond motifs is 1. The summed E-state index contributed by atoms with van der Waals surface area (Å²) in [5, 5.41) is 2.60. The normalized spacial score (nSPS) is 15.5. The van der Waals surface area contributed by atoms with E-state index in [-0.39, 0.29) is 0 Å². The van der Waals surface area contributed by atoms with Crippen molar-refractivity contribution < 1.29 is 9.53 Å². The highest BCUT2D eigenvalue weighted by atomic mass is 16.5. The molecule has 4 heteroatoms. The van der Waals surface area contributed by atoms with E-state index in [1.807, 2.05) is 6.07 Å². The van der Waals surface area contributed by atoms with Crippen molar-refractivity contribution in [1.82, 2.24) is 4.98 Å². The number of hydrogen-bond acceptors (Lipinski definition) is 3. The third kappa shape index (κ3) is 1.23. The number of carbonyl (C=O) groups excluding carboxylic acids is 1. The first-order chi connectivity index (χ1) is 5.86. The molecule has 4 nitrogen and oxygen atoms in total. The number of hydrogen-bond donors (Lipinski definition) is 1. The minimum Gasteiger partial charge on any atom is -0.449 e. The monoisotopic (exact) mass is 164 g/mol. The minimum atomic E-state index is -0.401. The van der Waals surface area contributed by atoms with Crippen molar-refractivity contribution in [2.75, 3.05) is 11.9 Å². The van der Waals surface area contributed by atoms with E-state index in [0.717, 1.165) is 11.4 Å². The lowest BCUT2D eigenvalue weighted by molar-refractivity contribution is 0.164. The van der Waals surface area contributed by atoms with Crippen LogP contribution in [0.25, 0.3) is 0 Å². The fourth-order valence-electron chi connectivity index (χ4n) is 1.14. The molecule has 2 rings (SSSR count). The molecule has 62 valence electrons. The first-order valence-corrected chi connectivity index (χ1v) is 3.74. The van der Waals surface area contributed by atoms with E-state index in [1.165, 1.54) is 0 Å². The summed E-state index contributed by atoms with van der Waals surface area (Å²) < 4.78 is 4.80. The zero-order valence-corrected chi connectivity index (χ0v) is 6.41. The van der Waals surface area contributed by atoms with Gasteiger partial charge in [0, 0.05) is 12.6 Å². The van der Waals surface area contributed by atoms with E-state index in [9.17, 15) is 4.79 Å². The van der Waals surface area contributed by atoms with Crippen molar-refractivity contribution in [2.24, 2.45) is 0 Å². The van der Waals surface area contributed by atoms with E-state index < -0.39 is 6.09 Å². The molecule has 0 unspecified atom stereocenters. The van der Waals surface area contributed by atoms with Crippen LogP contribution >= 0.6 is 0 Å². The van der Waals surface area contributed by atoms with E-state index in [1.54, 1.807) is 12.3 Å². The number of nitrogens with one attached hydrogen (secondary N) is 1. The predicted octanol–water partition coefficient (Wildman–Crippen LogP) is 1.19. The Bertz CT molecular complexity index is 312. The van der Waals surface area contributed by atoms with Gasteiger partial charge in [0.2, 0.25) is 0 Å². The van der Waals surface area contributed by atoms with E-state index in [4.69, 9.17) is 4.74 Å². The van der Waals surface area contributed by atoms with Gasteiger partial charge in [-0.25, -0.2) is 4.79 Å². The average molecular weight is 164 g/mol. The number of pyridine rings is 1. The number of cyclic esters (lactones) is 1. The third-order valence-electron chi connectivity index (χ3n) is 1.70. The average Bonchev–Trinajstić information content (AvgIpc) is 2.25. The molecule has 1 N–H and O–H groups in total. The molecule has 0 atom stereocenters. The van der Waals surface area contributed by atoms with Gasteiger partial charge in [0.25, 0.3) is 0 Å². The Morgan fingerprint density at radius 1 is 1.58 bits per heavy atom. The molecule has 0 radical (unpaired) electrons. The third-order valence-corrected chi connectivity index (χ3v) is 1.70. The lowest BCUT2D eigenvalue weighted by Gasteiger charge is -2.01. The second-order valence-corrected chi connectivity index (χ2v) is 2.51. The standard InChI is InChI=1S/C8H8N2O2/c11-8-10-7-2-1-4-9-6(7)3-5-12-8/h1-2,4H,3,5H2,(H,10,11). The van der Waals surface area contributed by atoms with Crippen molar-refractivity contribution in [3.63, 3.8) is 0 Å². The molecule has 0 bridgehead atoms. The van der Waals surface area contributed by atoms with Gasteiger partial charge in [-0.3, -0.25) is 10.3 Å². The van der Waals surface area contributed by atoms with Crippen molar-refractivity contribution in [3.05, 3.63) is 24.0 Å².